The minimum atomic E-state index is -1.99. The molecule has 1 atom stereocenters. The van der Waals surface area contributed by atoms with Crippen LogP contribution in [0.25, 0.3) is 0 Å². The van der Waals surface area contributed by atoms with Gasteiger partial charge in [0.2, 0.25) is 6.04 Å². The summed E-state index contributed by atoms with van der Waals surface area (Å²) in [5.41, 5.74) is -1.01. The van der Waals surface area contributed by atoms with Crippen LogP contribution in [-0.2, 0) is 9.53 Å². The van der Waals surface area contributed by atoms with Crippen molar-refractivity contribution in [3.05, 3.63) is 10.1 Å². The molecule has 0 bridgehead atoms. The lowest BCUT2D eigenvalue weighted by Gasteiger charge is -2.23. The van der Waals surface area contributed by atoms with Gasteiger partial charge in [0.25, 0.3) is 0 Å². The molecule has 0 aliphatic rings. The molecule has 0 aromatic heterocycles. The van der Waals surface area contributed by atoms with Crippen LogP contribution in [0.15, 0.2) is 0 Å². The molecule has 0 radical (unpaired) electrons. The van der Waals surface area contributed by atoms with Crippen molar-refractivity contribution in [1.29, 1.82) is 0 Å². The van der Waals surface area contributed by atoms with Crippen LogP contribution in [0.2, 0.25) is 0 Å². The van der Waals surface area contributed by atoms with Gasteiger partial charge in [0.05, 0.1) is 6.61 Å². The van der Waals surface area contributed by atoms with E-state index in [9.17, 15) is 19.7 Å². The number of carbonyl (C=O) groups excluding carboxylic acids is 1. The van der Waals surface area contributed by atoms with Crippen LogP contribution in [0, 0.1) is 10.1 Å². The van der Waals surface area contributed by atoms with E-state index in [4.69, 9.17) is 10.2 Å². The molecule has 0 rings (SSSR count). The third-order valence-electron chi connectivity index (χ3n) is 1.51. The molecule has 9 nitrogen and oxygen atoms in total. The molecule has 0 heterocycles. The topological polar surface area (TPSA) is 130 Å². The third-order valence-corrected chi connectivity index (χ3v) is 1.51. The highest BCUT2D eigenvalue weighted by atomic mass is 16.7. The first-order chi connectivity index (χ1) is 7.60. The Bertz CT molecular complexity index is 322. The third kappa shape index (κ3) is 4.64. The highest BCUT2D eigenvalue weighted by Crippen LogP contribution is 2.12. The number of nitro groups is 1. The number of ether oxygens (including phenoxy) is 1. The van der Waals surface area contributed by atoms with E-state index >= 15 is 0 Å². The summed E-state index contributed by atoms with van der Waals surface area (Å²) >= 11 is 0. The quantitative estimate of drug-likeness (QED) is 0.524. The number of hydrazine groups is 1. The van der Waals surface area contributed by atoms with Gasteiger partial charge in [0.15, 0.2) is 5.03 Å². The smallest absolute Gasteiger partial charge is 0.469 e. The van der Waals surface area contributed by atoms with E-state index in [-0.39, 0.29) is 5.01 Å². The van der Waals surface area contributed by atoms with E-state index in [0.29, 0.717) is 0 Å². The maximum atomic E-state index is 11.4. The van der Waals surface area contributed by atoms with E-state index in [1.165, 1.54) is 20.8 Å². The SMILES string of the molecule is CC(C)(C)OC(=O)N([C@@H](CO)C(=O)O)[N+](=O)[O-]. The van der Waals surface area contributed by atoms with Crippen molar-refractivity contribution in [2.75, 3.05) is 6.61 Å². The van der Waals surface area contributed by atoms with Crippen LogP contribution >= 0.6 is 0 Å². The van der Waals surface area contributed by atoms with Crippen molar-refractivity contribution >= 4 is 12.1 Å². The molecule has 9 heteroatoms. The van der Waals surface area contributed by atoms with Gasteiger partial charge in [-0.05, 0) is 25.8 Å². The molecular formula is C8H14N2O7. The van der Waals surface area contributed by atoms with E-state index < -0.39 is 35.3 Å². The van der Waals surface area contributed by atoms with Gasteiger partial charge >= 0.3 is 12.1 Å². The Morgan fingerprint density at radius 3 is 2.18 bits per heavy atom. The summed E-state index contributed by atoms with van der Waals surface area (Å²) in [7, 11) is 0. The fourth-order valence-corrected chi connectivity index (χ4v) is 0.876. The zero-order chi connectivity index (χ0) is 13.8. The lowest BCUT2D eigenvalue weighted by molar-refractivity contribution is -0.642. The Labute approximate surface area is 96.7 Å². The molecule has 0 spiro atoms. The average molecular weight is 250 g/mol. The largest absolute Gasteiger partial charge is 0.479 e. The molecule has 0 aliphatic carbocycles. The Morgan fingerprint density at radius 1 is 1.47 bits per heavy atom. The summed E-state index contributed by atoms with van der Waals surface area (Å²) in [6, 6.07) is -1.99. The number of carbonyl (C=O) groups is 2. The monoisotopic (exact) mass is 250 g/mol. The number of nitrogens with zero attached hydrogens (tertiary/aromatic N) is 2. The Hall–Kier alpha value is -1.90. The lowest BCUT2D eigenvalue weighted by Crippen LogP contribution is -2.51. The first-order valence-corrected chi connectivity index (χ1v) is 4.60. The maximum absolute atomic E-state index is 11.4. The Kier molecular flexibility index (Phi) is 4.83. The second-order valence-corrected chi connectivity index (χ2v) is 4.10. The number of hydrogen-bond acceptors (Lipinski definition) is 6. The van der Waals surface area contributed by atoms with Gasteiger partial charge < -0.3 is 14.9 Å². The number of rotatable bonds is 4. The number of aliphatic hydroxyl groups is 1. The molecule has 0 aromatic rings. The van der Waals surface area contributed by atoms with E-state index in [1.54, 1.807) is 0 Å². The van der Waals surface area contributed by atoms with Crippen LogP contribution in [-0.4, -0.2) is 50.6 Å². The minimum absolute atomic E-state index is 0.256. The van der Waals surface area contributed by atoms with Gasteiger partial charge in [-0.25, -0.2) is 19.7 Å². The number of aliphatic hydroxyl groups excluding tert-OH is 1. The number of carboxylic acids is 1. The minimum Gasteiger partial charge on any atom is -0.479 e. The molecule has 98 valence electrons. The zero-order valence-electron chi connectivity index (χ0n) is 9.61. The van der Waals surface area contributed by atoms with E-state index in [2.05, 4.69) is 4.74 Å². The summed E-state index contributed by atoms with van der Waals surface area (Å²) in [4.78, 5) is 32.6. The molecule has 0 unspecified atom stereocenters. The van der Waals surface area contributed by atoms with Gasteiger partial charge in [-0.3, -0.25) is 0 Å². The van der Waals surface area contributed by atoms with Crippen molar-refractivity contribution in [2.24, 2.45) is 0 Å². The standard InChI is InChI=1S/C8H14N2O7/c1-8(2,3)17-7(14)9(10(15)16)5(4-11)6(12)13/h5,11H,4H2,1-3H3,(H,12,13)/t5-/m0/s1. The summed E-state index contributed by atoms with van der Waals surface area (Å²) in [5, 5.41) is 26.5. The first-order valence-electron chi connectivity index (χ1n) is 4.60. The summed E-state index contributed by atoms with van der Waals surface area (Å²) in [6.07, 6.45) is -1.44. The summed E-state index contributed by atoms with van der Waals surface area (Å²) in [5.74, 6) is -1.70. The highest BCUT2D eigenvalue weighted by molar-refractivity contribution is 5.79. The molecule has 0 saturated heterocycles. The van der Waals surface area contributed by atoms with Crippen molar-refractivity contribution in [3.8, 4) is 0 Å². The number of amides is 1. The highest BCUT2D eigenvalue weighted by Gasteiger charge is 2.41. The fourth-order valence-electron chi connectivity index (χ4n) is 0.876. The molecule has 0 fully saturated rings. The fraction of sp³-hybridized carbons (Fsp3) is 0.750. The zero-order valence-corrected chi connectivity index (χ0v) is 9.61. The van der Waals surface area contributed by atoms with E-state index in [1.807, 2.05) is 0 Å². The molecule has 2 N–H and O–H groups in total. The maximum Gasteiger partial charge on any atom is 0.469 e. The predicted molar refractivity (Wildman–Crippen MR) is 53.6 cm³/mol. The van der Waals surface area contributed by atoms with Gasteiger partial charge in [0.1, 0.15) is 5.60 Å². The predicted octanol–water partition coefficient (Wildman–Crippen LogP) is -0.139. The van der Waals surface area contributed by atoms with Crippen molar-refractivity contribution in [1.82, 2.24) is 5.01 Å². The Morgan fingerprint density at radius 2 is 1.94 bits per heavy atom. The average Bonchev–Trinajstić information content (AvgIpc) is 2.08. The Balaban J connectivity index is 5.04. The van der Waals surface area contributed by atoms with Crippen LogP contribution in [0.3, 0.4) is 0 Å². The molecule has 0 aromatic carbocycles. The molecule has 1 amide bonds. The van der Waals surface area contributed by atoms with Crippen LogP contribution in [0.1, 0.15) is 20.8 Å². The summed E-state index contributed by atoms with van der Waals surface area (Å²) in [6.45, 7) is 3.32. The lowest BCUT2D eigenvalue weighted by atomic mass is 10.2. The molecule has 0 saturated carbocycles. The molecule has 0 aliphatic heterocycles. The van der Waals surface area contributed by atoms with Crippen LogP contribution < -0.4 is 0 Å². The normalized spacial score (nSPS) is 12.7. The number of carboxylic acid groups (broad SMARTS) is 1. The van der Waals surface area contributed by atoms with Crippen LogP contribution in [0.5, 0.6) is 0 Å². The number of hydrogen-bond donors (Lipinski definition) is 2. The van der Waals surface area contributed by atoms with Crippen molar-refractivity contribution in [2.45, 2.75) is 32.4 Å². The molecular weight excluding hydrogens is 236 g/mol. The van der Waals surface area contributed by atoms with Crippen LogP contribution in [0.4, 0.5) is 4.79 Å². The second kappa shape index (κ2) is 5.43. The van der Waals surface area contributed by atoms with Crippen molar-refractivity contribution < 1.29 is 29.6 Å². The van der Waals surface area contributed by atoms with Crippen molar-refractivity contribution in [3.63, 3.8) is 0 Å². The van der Waals surface area contributed by atoms with Gasteiger partial charge in [-0.1, -0.05) is 0 Å². The first kappa shape index (κ1) is 15.1. The molecule has 17 heavy (non-hydrogen) atoms. The summed E-state index contributed by atoms with van der Waals surface area (Å²) < 4.78 is 4.66. The van der Waals surface area contributed by atoms with Gasteiger partial charge in [0, 0.05) is 0 Å². The van der Waals surface area contributed by atoms with Gasteiger partial charge in [-0.2, -0.15) is 0 Å². The van der Waals surface area contributed by atoms with E-state index in [0.717, 1.165) is 0 Å². The van der Waals surface area contributed by atoms with Gasteiger partial charge in [-0.15, -0.1) is 0 Å². The second-order valence-electron chi connectivity index (χ2n) is 4.10. The number of aliphatic carboxylic acids is 1.